The number of amides is 1. The number of hydrogen-bond acceptors (Lipinski definition) is 2. The van der Waals surface area contributed by atoms with E-state index in [-0.39, 0.29) is 0 Å². The number of primary amides is 1. The fraction of sp³-hybridized carbons (Fsp3) is 0.167. The molecule has 0 aliphatic carbocycles. The van der Waals surface area contributed by atoms with E-state index in [0.717, 1.165) is 11.4 Å². The van der Waals surface area contributed by atoms with Crippen LogP contribution in [0.2, 0.25) is 5.02 Å². The van der Waals surface area contributed by atoms with Gasteiger partial charge < -0.3 is 5.73 Å². The highest BCUT2D eigenvalue weighted by molar-refractivity contribution is 6.30. The van der Waals surface area contributed by atoms with Crippen LogP contribution in [0.15, 0.2) is 30.5 Å². The molecule has 0 atom stereocenters. The van der Waals surface area contributed by atoms with Gasteiger partial charge in [-0.1, -0.05) is 18.5 Å². The summed E-state index contributed by atoms with van der Waals surface area (Å²) in [6.07, 6.45) is 2.18. The van der Waals surface area contributed by atoms with E-state index < -0.39 is 5.91 Å². The number of carbonyl (C=O) groups is 1. The first-order chi connectivity index (χ1) is 8.13. The normalized spacial score (nSPS) is 10.5. The summed E-state index contributed by atoms with van der Waals surface area (Å²) >= 11 is 5.82. The van der Waals surface area contributed by atoms with Gasteiger partial charge >= 0.3 is 0 Å². The van der Waals surface area contributed by atoms with Gasteiger partial charge in [0.25, 0.3) is 5.91 Å². The van der Waals surface area contributed by atoms with E-state index >= 15 is 0 Å². The monoisotopic (exact) mass is 249 g/mol. The molecule has 17 heavy (non-hydrogen) atoms. The van der Waals surface area contributed by atoms with Crippen LogP contribution in [0.5, 0.6) is 0 Å². The van der Waals surface area contributed by atoms with Crippen LogP contribution >= 0.6 is 11.6 Å². The molecule has 0 fully saturated rings. The molecule has 0 unspecified atom stereocenters. The Labute approximate surface area is 104 Å². The molecule has 1 heterocycles. The Hall–Kier alpha value is -1.81. The molecular weight excluding hydrogens is 238 g/mol. The Morgan fingerprint density at radius 1 is 1.41 bits per heavy atom. The SMILES string of the molecule is CCc1c(C(N)=O)cnn1-c1ccc(Cl)cc1. The maximum absolute atomic E-state index is 11.2. The first kappa shape index (κ1) is 11.7. The number of aromatic nitrogens is 2. The summed E-state index contributed by atoms with van der Waals surface area (Å²) in [6.45, 7) is 1.95. The zero-order valence-electron chi connectivity index (χ0n) is 9.35. The second kappa shape index (κ2) is 4.59. The van der Waals surface area contributed by atoms with Crippen molar-refractivity contribution in [3.8, 4) is 5.69 Å². The van der Waals surface area contributed by atoms with Crippen LogP contribution in [0.3, 0.4) is 0 Å². The number of benzene rings is 1. The smallest absolute Gasteiger partial charge is 0.252 e. The molecule has 1 aromatic heterocycles. The predicted molar refractivity (Wildman–Crippen MR) is 66.5 cm³/mol. The summed E-state index contributed by atoms with van der Waals surface area (Å²) < 4.78 is 1.70. The summed E-state index contributed by atoms with van der Waals surface area (Å²) in [6, 6.07) is 7.25. The highest BCUT2D eigenvalue weighted by Gasteiger charge is 2.14. The van der Waals surface area contributed by atoms with Crippen molar-refractivity contribution in [3.05, 3.63) is 46.7 Å². The summed E-state index contributed by atoms with van der Waals surface area (Å²) in [5.41, 5.74) is 7.42. The first-order valence-corrected chi connectivity index (χ1v) is 5.64. The highest BCUT2D eigenvalue weighted by Crippen LogP contribution is 2.17. The molecule has 1 amide bonds. The summed E-state index contributed by atoms with van der Waals surface area (Å²) in [5.74, 6) is -0.456. The third-order valence-corrected chi connectivity index (χ3v) is 2.79. The molecule has 0 saturated carbocycles. The molecule has 4 nitrogen and oxygen atoms in total. The number of carbonyl (C=O) groups excluding carboxylic acids is 1. The Bertz CT molecular complexity index is 545. The Morgan fingerprint density at radius 2 is 2.06 bits per heavy atom. The number of halogens is 1. The van der Waals surface area contributed by atoms with Crippen LogP contribution in [0.1, 0.15) is 23.0 Å². The molecule has 0 radical (unpaired) electrons. The zero-order valence-corrected chi connectivity index (χ0v) is 10.1. The zero-order chi connectivity index (χ0) is 12.4. The molecule has 5 heteroatoms. The average Bonchev–Trinajstić information content (AvgIpc) is 2.73. The third-order valence-electron chi connectivity index (χ3n) is 2.54. The molecule has 0 aliphatic rings. The van der Waals surface area contributed by atoms with Crippen molar-refractivity contribution < 1.29 is 4.79 Å². The van der Waals surface area contributed by atoms with E-state index in [2.05, 4.69) is 5.10 Å². The minimum Gasteiger partial charge on any atom is -0.365 e. The van der Waals surface area contributed by atoms with Crippen molar-refractivity contribution in [1.82, 2.24) is 9.78 Å². The average molecular weight is 250 g/mol. The maximum atomic E-state index is 11.2. The van der Waals surface area contributed by atoms with Gasteiger partial charge in [0.15, 0.2) is 0 Å². The molecule has 2 aromatic rings. The van der Waals surface area contributed by atoms with Gasteiger partial charge in [-0.25, -0.2) is 4.68 Å². The fourth-order valence-corrected chi connectivity index (χ4v) is 1.85. The van der Waals surface area contributed by atoms with Crippen LogP contribution in [0.4, 0.5) is 0 Å². The lowest BCUT2D eigenvalue weighted by Gasteiger charge is -2.06. The van der Waals surface area contributed by atoms with Gasteiger partial charge in [0.1, 0.15) is 0 Å². The van der Waals surface area contributed by atoms with Gasteiger partial charge in [-0.05, 0) is 30.7 Å². The van der Waals surface area contributed by atoms with Crippen molar-refractivity contribution in [2.24, 2.45) is 5.73 Å². The van der Waals surface area contributed by atoms with E-state index in [0.29, 0.717) is 17.0 Å². The predicted octanol–water partition coefficient (Wildman–Crippen LogP) is 2.19. The second-order valence-corrected chi connectivity index (χ2v) is 4.05. The standard InChI is InChI=1S/C12H12ClN3O/c1-2-11-10(12(14)17)7-15-16(11)9-5-3-8(13)4-6-9/h3-7H,2H2,1H3,(H2,14,17). The molecular formula is C12H12ClN3O. The third kappa shape index (κ3) is 2.17. The van der Waals surface area contributed by atoms with Crippen molar-refractivity contribution in [3.63, 3.8) is 0 Å². The topological polar surface area (TPSA) is 60.9 Å². The summed E-state index contributed by atoms with van der Waals surface area (Å²) in [4.78, 5) is 11.2. The van der Waals surface area contributed by atoms with Crippen molar-refractivity contribution in [2.75, 3.05) is 0 Å². The molecule has 0 spiro atoms. The van der Waals surface area contributed by atoms with Gasteiger partial charge in [-0.3, -0.25) is 4.79 Å². The maximum Gasteiger partial charge on any atom is 0.252 e. The van der Waals surface area contributed by atoms with E-state index in [1.54, 1.807) is 16.8 Å². The molecule has 0 aliphatic heterocycles. The van der Waals surface area contributed by atoms with Crippen LogP contribution in [0, 0.1) is 0 Å². The minimum atomic E-state index is -0.456. The van der Waals surface area contributed by atoms with Crippen molar-refractivity contribution in [2.45, 2.75) is 13.3 Å². The quantitative estimate of drug-likeness (QED) is 0.906. The summed E-state index contributed by atoms with van der Waals surface area (Å²) in [5, 5.41) is 4.84. The lowest BCUT2D eigenvalue weighted by atomic mass is 10.2. The second-order valence-electron chi connectivity index (χ2n) is 3.61. The highest BCUT2D eigenvalue weighted by atomic mass is 35.5. The Kier molecular flexibility index (Phi) is 3.15. The van der Waals surface area contributed by atoms with Crippen LogP contribution in [0.25, 0.3) is 5.69 Å². The molecule has 0 saturated heterocycles. The minimum absolute atomic E-state index is 0.456. The molecule has 2 N–H and O–H groups in total. The van der Waals surface area contributed by atoms with Gasteiger partial charge in [0.05, 0.1) is 23.1 Å². The molecule has 0 bridgehead atoms. The van der Waals surface area contributed by atoms with E-state index in [1.165, 1.54) is 6.20 Å². The van der Waals surface area contributed by atoms with Crippen LogP contribution in [-0.4, -0.2) is 15.7 Å². The van der Waals surface area contributed by atoms with Crippen LogP contribution in [-0.2, 0) is 6.42 Å². The van der Waals surface area contributed by atoms with E-state index in [1.807, 2.05) is 19.1 Å². The largest absolute Gasteiger partial charge is 0.365 e. The van der Waals surface area contributed by atoms with Gasteiger partial charge in [-0.2, -0.15) is 5.10 Å². The van der Waals surface area contributed by atoms with Crippen molar-refractivity contribution >= 4 is 17.5 Å². The van der Waals surface area contributed by atoms with E-state index in [4.69, 9.17) is 17.3 Å². The van der Waals surface area contributed by atoms with Gasteiger partial charge in [0.2, 0.25) is 0 Å². The Balaban J connectivity index is 2.52. The number of nitrogens with zero attached hydrogens (tertiary/aromatic N) is 2. The number of nitrogens with two attached hydrogens (primary N) is 1. The number of rotatable bonds is 3. The number of hydrogen-bond donors (Lipinski definition) is 1. The molecule has 2 rings (SSSR count). The lowest BCUT2D eigenvalue weighted by molar-refractivity contribution is 0.0999. The van der Waals surface area contributed by atoms with Crippen molar-refractivity contribution in [1.29, 1.82) is 0 Å². The fourth-order valence-electron chi connectivity index (χ4n) is 1.72. The van der Waals surface area contributed by atoms with E-state index in [9.17, 15) is 4.79 Å². The first-order valence-electron chi connectivity index (χ1n) is 5.26. The Morgan fingerprint density at radius 3 is 2.59 bits per heavy atom. The molecule has 1 aromatic carbocycles. The molecule has 88 valence electrons. The van der Waals surface area contributed by atoms with Gasteiger partial charge in [0, 0.05) is 5.02 Å². The lowest BCUT2D eigenvalue weighted by Crippen LogP contribution is -2.13. The van der Waals surface area contributed by atoms with Gasteiger partial charge in [-0.15, -0.1) is 0 Å². The van der Waals surface area contributed by atoms with Crippen LogP contribution < -0.4 is 5.73 Å². The summed E-state index contributed by atoms with van der Waals surface area (Å²) in [7, 11) is 0.